The van der Waals surface area contributed by atoms with Crippen molar-refractivity contribution >= 4 is 23.2 Å². The minimum absolute atomic E-state index is 0.0559. The first-order valence-electron chi connectivity index (χ1n) is 7.27. The summed E-state index contributed by atoms with van der Waals surface area (Å²) >= 11 is 0. The van der Waals surface area contributed by atoms with Gasteiger partial charge in [-0.2, -0.15) is 0 Å². The van der Waals surface area contributed by atoms with E-state index in [1.807, 2.05) is 13.8 Å². The van der Waals surface area contributed by atoms with Crippen molar-refractivity contribution in [1.29, 1.82) is 0 Å². The van der Waals surface area contributed by atoms with E-state index >= 15 is 0 Å². The fourth-order valence-electron chi connectivity index (χ4n) is 1.88. The number of amides is 2. The van der Waals surface area contributed by atoms with Crippen LogP contribution in [0.15, 0.2) is 35.0 Å². The molecule has 2 rings (SSSR count). The lowest BCUT2D eigenvalue weighted by Gasteiger charge is -2.15. The normalized spacial score (nSPS) is 12.0. The molecule has 7 heteroatoms. The van der Waals surface area contributed by atoms with Crippen LogP contribution in [0.3, 0.4) is 0 Å². The molecule has 0 radical (unpaired) electrons. The lowest BCUT2D eigenvalue weighted by Crippen LogP contribution is -2.39. The smallest absolute Gasteiger partial charge is 0.260 e. The number of carbonyl (C=O) groups excluding carboxylic acids is 2. The van der Waals surface area contributed by atoms with Crippen LogP contribution >= 0.6 is 0 Å². The summed E-state index contributed by atoms with van der Waals surface area (Å²) in [5.74, 6) is -0.0336. The van der Waals surface area contributed by atoms with Gasteiger partial charge in [0, 0.05) is 11.4 Å². The highest BCUT2D eigenvalue weighted by Crippen LogP contribution is 2.16. The van der Waals surface area contributed by atoms with Gasteiger partial charge in [-0.25, -0.2) is 0 Å². The number of hydrogen-bond acceptors (Lipinski definition) is 5. The van der Waals surface area contributed by atoms with E-state index in [0.29, 0.717) is 22.7 Å². The van der Waals surface area contributed by atoms with Crippen LogP contribution in [0, 0.1) is 12.8 Å². The lowest BCUT2D eigenvalue weighted by atomic mass is 10.0. The van der Waals surface area contributed by atoms with Crippen LogP contribution < -0.4 is 16.4 Å². The van der Waals surface area contributed by atoms with Gasteiger partial charge in [0.05, 0.1) is 12.2 Å². The van der Waals surface area contributed by atoms with E-state index in [1.165, 1.54) is 6.20 Å². The zero-order valence-electron chi connectivity index (χ0n) is 13.3. The Morgan fingerprint density at radius 2 is 1.70 bits per heavy atom. The fraction of sp³-hybridized carbons (Fsp3) is 0.312. The zero-order chi connectivity index (χ0) is 17.0. The molecule has 1 aromatic carbocycles. The number of nitrogens with one attached hydrogen (secondary N) is 2. The summed E-state index contributed by atoms with van der Waals surface area (Å²) in [7, 11) is 0. The average molecular weight is 316 g/mol. The lowest BCUT2D eigenvalue weighted by molar-refractivity contribution is -0.118. The van der Waals surface area contributed by atoms with Crippen molar-refractivity contribution in [3.05, 3.63) is 41.8 Å². The molecule has 0 aliphatic carbocycles. The van der Waals surface area contributed by atoms with Gasteiger partial charge < -0.3 is 20.9 Å². The molecule has 0 aliphatic heterocycles. The van der Waals surface area contributed by atoms with E-state index in [2.05, 4.69) is 15.8 Å². The molecule has 23 heavy (non-hydrogen) atoms. The summed E-state index contributed by atoms with van der Waals surface area (Å²) in [5, 5.41) is 9.04. The predicted octanol–water partition coefficient (Wildman–Crippen LogP) is 2.16. The number of benzene rings is 1. The Balaban J connectivity index is 1.98. The molecule has 0 saturated heterocycles. The molecule has 0 saturated carbocycles. The van der Waals surface area contributed by atoms with Crippen molar-refractivity contribution in [2.45, 2.75) is 26.8 Å². The highest BCUT2D eigenvalue weighted by atomic mass is 16.5. The monoisotopic (exact) mass is 316 g/mol. The third kappa shape index (κ3) is 4.17. The van der Waals surface area contributed by atoms with E-state index < -0.39 is 6.04 Å². The Labute approximate surface area is 134 Å². The molecule has 0 fully saturated rings. The molecule has 7 nitrogen and oxygen atoms in total. The van der Waals surface area contributed by atoms with Crippen molar-refractivity contribution in [1.82, 2.24) is 5.16 Å². The van der Waals surface area contributed by atoms with E-state index in [9.17, 15) is 9.59 Å². The van der Waals surface area contributed by atoms with Gasteiger partial charge in [0.2, 0.25) is 5.91 Å². The van der Waals surface area contributed by atoms with Crippen molar-refractivity contribution in [2.24, 2.45) is 11.7 Å². The fourth-order valence-corrected chi connectivity index (χ4v) is 1.88. The number of aromatic nitrogens is 1. The summed E-state index contributed by atoms with van der Waals surface area (Å²) in [4.78, 5) is 23.9. The van der Waals surface area contributed by atoms with Gasteiger partial charge in [0.1, 0.15) is 11.3 Å². The molecule has 2 amide bonds. The Morgan fingerprint density at radius 3 is 2.17 bits per heavy atom. The first-order valence-corrected chi connectivity index (χ1v) is 7.27. The van der Waals surface area contributed by atoms with E-state index in [4.69, 9.17) is 10.3 Å². The Kier molecular flexibility index (Phi) is 5.13. The molecule has 122 valence electrons. The quantitative estimate of drug-likeness (QED) is 0.783. The molecule has 0 spiro atoms. The van der Waals surface area contributed by atoms with Crippen LogP contribution in [0.1, 0.15) is 30.0 Å². The van der Waals surface area contributed by atoms with Gasteiger partial charge in [0.15, 0.2) is 0 Å². The van der Waals surface area contributed by atoms with Crippen molar-refractivity contribution < 1.29 is 14.1 Å². The standard InChI is InChI=1S/C16H20N4O3/c1-9(2)14(17)16(22)20-12-6-4-11(5-7-12)19-15(21)13-8-18-23-10(13)3/h4-9,14H,17H2,1-3H3,(H,19,21)(H,20,22)/t14-/m0/s1. The highest BCUT2D eigenvalue weighted by molar-refractivity contribution is 6.04. The molecule has 0 aliphatic rings. The Morgan fingerprint density at radius 1 is 1.13 bits per heavy atom. The molecule has 1 atom stereocenters. The van der Waals surface area contributed by atoms with Gasteiger partial charge in [-0.15, -0.1) is 0 Å². The number of anilines is 2. The SMILES string of the molecule is Cc1oncc1C(=O)Nc1ccc(NC(=O)[C@@H](N)C(C)C)cc1. The van der Waals surface area contributed by atoms with Crippen LogP contribution in [0.25, 0.3) is 0 Å². The first-order chi connectivity index (χ1) is 10.9. The van der Waals surface area contributed by atoms with Gasteiger partial charge in [-0.3, -0.25) is 9.59 Å². The summed E-state index contributed by atoms with van der Waals surface area (Å²) < 4.78 is 4.86. The second-order valence-corrected chi connectivity index (χ2v) is 5.59. The second-order valence-electron chi connectivity index (χ2n) is 5.59. The average Bonchev–Trinajstić information content (AvgIpc) is 2.94. The number of hydrogen-bond donors (Lipinski definition) is 3. The summed E-state index contributed by atoms with van der Waals surface area (Å²) in [6.45, 7) is 5.43. The van der Waals surface area contributed by atoms with Crippen LogP contribution in [-0.4, -0.2) is 23.0 Å². The number of nitrogens with two attached hydrogens (primary N) is 1. The maximum atomic E-state index is 12.0. The largest absolute Gasteiger partial charge is 0.361 e. The molecule has 4 N–H and O–H groups in total. The third-order valence-electron chi connectivity index (χ3n) is 3.43. The highest BCUT2D eigenvalue weighted by Gasteiger charge is 2.17. The summed E-state index contributed by atoms with van der Waals surface area (Å²) in [5.41, 5.74) is 7.38. The van der Waals surface area contributed by atoms with E-state index in [0.717, 1.165) is 0 Å². The van der Waals surface area contributed by atoms with E-state index in [1.54, 1.807) is 31.2 Å². The van der Waals surface area contributed by atoms with Crippen LogP contribution in [0.2, 0.25) is 0 Å². The van der Waals surface area contributed by atoms with Crippen molar-refractivity contribution in [3.8, 4) is 0 Å². The van der Waals surface area contributed by atoms with Gasteiger partial charge >= 0.3 is 0 Å². The molecular weight excluding hydrogens is 296 g/mol. The van der Waals surface area contributed by atoms with Gasteiger partial charge in [0.25, 0.3) is 5.91 Å². The number of carbonyl (C=O) groups is 2. The predicted molar refractivity (Wildman–Crippen MR) is 87.1 cm³/mol. The molecule has 2 aromatic rings. The number of aryl methyl sites for hydroxylation is 1. The van der Waals surface area contributed by atoms with Crippen LogP contribution in [-0.2, 0) is 4.79 Å². The molecule has 0 unspecified atom stereocenters. The minimum atomic E-state index is -0.564. The Bertz CT molecular complexity index is 692. The second kappa shape index (κ2) is 7.06. The van der Waals surface area contributed by atoms with Crippen LogP contribution in [0.5, 0.6) is 0 Å². The topological polar surface area (TPSA) is 110 Å². The summed E-state index contributed by atoms with van der Waals surface area (Å²) in [6.07, 6.45) is 1.37. The van der Waals surface area contributed by atoms with Gasteiger partial charge in [-0.05, 0) is 37.1 Å². The van der Waals surface area contributed by atoms with E-state index in [-0.39, 0.29) is 17.7 Å². The number of rotatable bonds is 5. The molecule has 1 aromatic heterocycles. The van der Waals surface area contributed by atoms with Crippen LogP contribution in [0.4, 0.5) is 11.4 Å². The Hall–Kier alpha value is -2.67. The maximum absolute atomic E-state index is 12.0. The first kappa shape index (κ1) is 16.7. The maximum Gasteiger partial charge on any atom is 0.260 e. The molecule has 0 bridgehead atoms. The third-order valence-corrected chi connectivity index (χ3v) is 3.43. The molecular formula is C16H20N4O3. The van der Waals surface area contributed by atoms with Crippen molar-refractivity contribution in [3.63, 3.8) is 0 Å². The minimum Gasteiger partial charge on any atom is -0.361 e. The number of nitrogens with zero attached hydrogens (tertiary/aromatic N) is 1. The molecule has 1 heterocycles. The van der Waals surface area contributed by atoms with Crippen molar-refractivity contribution in [2.75, 3.05) is 10.6 Å². The van der Waals surface area contributed by atoms with Gasteiger partial charge in [-0.1, -0.05) is 19.0 Å². The zero-order valence-corrected chi connectivity index (χ0v) is 13.3. The summed E-state index contributed by atoms with van der Waals surface area (Å²) in [6, 6.07) is 6.21.